The molecule has 0 saturated carbocycles. The van der Waals surface area contributed by atoms with Gasteiger partial charge in [-0.05, 0) is 37.7 Å². The average molecular weight is 422 g/mol. The number of likely N-dealkylation sites (N-methyl/N-ethyl adjacent to an activating group) is 1. The zero-order chi connectivity index (χ0) is 19.3. The number of nitrogens with one attached hydrogen (secondary N) is 1. The zero-order valence-electron chi connectivity index (χ0n) is 14.8. The number of nitro groups is 1. The Morgan fingerprint density at radius 1 is 1.35 bits per heavy atom. The molecule has 0 radical (unpaired) electrons. The molecule has 1 amide bonds. The fraction of sp³-hybridized carbons (Fsp3) is 0.278. The molecule has 26 heavy (non-hydrogen) atoms. The number of hydrogen-bond donors (Lipinski definition) is 1. The van der Waals surface area contributed by atoms with Gasteiger partial charge in [-0.3, -0.25) is 19.8 Å². The molecule has 7 nitrogen and oxygen atoms in total. The lowest BCUT2D eigenvalue weighted by atomic mass is 10.1. The molecule has 0 aliphatic carbocycles. The van der Waals surface area contributed by atoms with Crippen LogP contribution in [0.2, 0.25) is 0 Å². The van der Waals surface area contributed by atoms with Crippen LogP contribution in [0.1, 0.15) is 11.1 Å². The van der Waals surface area contributed by atoms with E-state index in [1.807, 2.05) is 23.1 Å². The maximum atomic E-state index is 12.3. The number of amides is 1. The van der Waals surface area contributed by atoms with E-state index < -0.39 is 4.92 Å². The van der Waals surface area contributed by atoms with Crippen molar-refractivity contribution in [2.45, 2.75) is 13.5 Å². The van der Waals surface area contributed by atoms with Gasteiger partial charge in [-0.25, -0.2) is 0 Å². The highest BCUT2D eigenvalue weighted by molar-refractivity contribution is 9.10. The van der Waals surface area contributed by atoms with Crippen LogP contribution in [0.5, 0.6) is 5.75 Å². The Kier molecular flexibility index (Phi) is 6.70. The van der Waals surface area contributed by atoms with Gasteiger partial charge < -0.3 is 10.1 Å². The second kappa shape index (κ2) is 8.77. The van der Waals surface area contributed by atoms with Crippen LogP contribution in [0.25, 0.3) is 0 Å². The molecule has 2 aromatic rings. The Bertz CT molecular complexity index is 826. The molecule has 0 fully saturated rings. The quantitative estimate of drug-likeness (QED) is 0.543. The minimum absolute atomic E-state index is 0.0845. The van der Waals surface area contributed by atoms with E-state index in [1.165, 1.54) is 6.07 Å². The second-order valence-corrected chi connectivity index (χ2v) is 6.82. The van der Waals surface area contributed by atoms with Crippen LogP contribution in [-0.4, -0.2) is 36.4 Å². The summed E-state index contributed by atoms with van der Waals surface area (Å²) in [4.78, 5) is 24.8. The lowest BCUT2D eigenvalue weighted by Gasteiger charge is -2.18. The van der Waals surface area contributed by atoms with Gasteiger partial charge in [-0.1, -0.05) is 28.1 Å². The van der Waals surface area contributed by atoms with Gasteiger partial charge in [0.15, 0.2) is 0 Å². The molecule has 1 N–H and O–H groups in total. The summed E-state index contributed by atoms with van der Waals surface area (Å²) in [5.41, 5.74) is 1.69. The Balaban J connectivity index is 2.07. The minimum Gasteiger partial charge on any atom is -0.496 e. The summed E-state index contributed by atoms with van der Waals surface area (Å²) in [6, 6.07) is 10.3. The van der Waals surface area contributed by atoms with Gasteiger partial charge in [-0.15, -0.1) is 0 Å². The topological polar surface area (TPSA) is 84.7 Å². The summed E-state index contributed by atoms with van der Waals surface area (Å²) in [6.07, 6.45) is 0. The van der Waals surface area contributed by atoms with E-state index >= 15 is 0 Å². The third kappa shape index (κ3) is 5.03. The van der Waals surface area contributed by atoms with Crippen LogP contribution in [0.15, 0.2) is 40.9 Å². The maximum Gasteiger partial charge on any atom is 0.293 e. The van der Waals surface area contributed by atoms with Gasteiger partial charge in [0.2, 0.25) is 5.91 Å². The third-order valence-corrected chi connectivity index (χ3v) is 4.30. The molecule has 0 atom stereocenters. The van der Waals surface area contributed by atoms with E-state index in [-0.39, 0.29) is 23.8 Å². The number of carbonyl (C=O) groups is 1. The lowest BCUT2D eigenvalue weighted by molar-refractivity contribution is -0.384. The van der Waals surface area contributed by atoms with E-state index in [0.717, 1.165) is 15.8 Å². The average Bonchev–Trinajstić information content (AvgIpc) is 2.56. The lowest BCUT2D eigenvalue weighted by Crippen LogP contribution is -2.30. The summed E-state index contributed by atoms with van der Waals surface area (Å²) in [5, 5.41) is 13.8. The maximum absolute atomic E-state index is 12.3. The normalized spacial score (nSPS) is 10.7. The highest BCUT2D eigenvalue weighted by Gasteiger charge is 2.18. The van der Waals surface area contributed by atoms with Crippen LogP contribution < -0.4 is 10.1 Å². The number of carbonyl (C=O) groups excluding carboxylic acids is 1. The number of ether oxygens (including phenoxy) is 1. The van der Waals surface area contributed by atoms with Gasteiger partial charge in [0.25, 0.3) is 5.69 Å². The van der Waals surface area contributed by atoms with E-state index in [9.17, 15) is 14.9 Å². The van der Waals surface area contributed by atoms with Gasteiger partial charge in [0.05, 0.1) is 18.6 Å². The van der Waals surface area contributed by atoms with Crippen LogP contribution >= 0.6 is 15.9 Å². The summed E-state index contributed by atoms with van der Waals surface area (Å²) in [7, 11) is 3.39. The number of halogens is 1. The second-order valence-electron chi connectivity index (χ2n) is 5.90. The van der Waals surface area contributed by atoms with Crippen molar-refractivity contribution < 1.29 is 14.5 Å². The Morgan fingerprint density at radius 2 is 2.08 bits per heavy atom. The van der Waals surface area contributed by atoms with Crippen molar-refractivity contribution in [3.63, 3.8) is 0 Å². The van der Waals surface area contributed by atoms with Gasteiger partial charge in [0, 0.05) is 22.6 Å². The van der Waals surface area contributed by atoms with Crippen molar-refractivity contribution >= 4 is 33.2 Å². The molecule has 0 saturated heterocycles. The molecule has 0 aliphatic heterocycles. The first-order valence-corrected chi connectivity index (χ1v) is 8.66. The number of nitro benzene ring substituents is 1. The molecule has 0 bridgehead atoms. The molecule has 0 aliphatic rings. The predicted octanol–water partition coefficient (Wildman–Crippen LogP) is 3.74. The van der Waals surface area contributed by atoms with Crippen molar-refractivity contribution in [2.75, 3.05) is 26.0 Å². The van der Waals surface area contributed by atoms with Gasteiger partial charge in [-0.2, -0.15) is 0 Å². The number of para-hydroxylation sites is 1. The number of aryl methyl sites for hydroxylation is 1. The van der Waals surface area contributed by atoms with Crippen molar-refractivity contribution in [1.82, 2.24) is 4.90 Å². The fourth-order valence-corrected chi connectivity index (χ4v) is 3.02. The SMILES string of the molecule is COc1ccc(Br)cc1CN(C)CC(=O)Nc1c(C)cccc1[N+](=O)[O-]. The highest BCUT2D eigenvalue weighted by Crippen LogP contribution is 2.28. The van der Waals surface area contributed by atoms with Gasteiger partial charge >= 0.3 is 0 Å². The molecule has 2 aromatic carbocycles. The minimum atomic E-state index is -0.501. The third-order valence-electron chi connectivity index (χ3n) is 3.81. The Morgan fingerprint density at radius 3 is 2.73 bits per heavy atom. The van der Waals surface area contributed by atoms with Crippen LogP contribution in [0.4, 0.5) is 11.4 Å². The van der Waals surface area contributed by atoms with E-state index in [2.05, 4.69) is 21.2 Å². The molecule has 138 valence electrons. The van der Waals surface area contributed by atoms with Crippen molar-refractivity contribution in [3.05, 3.63) is 62.1 Å². The molecule has 2 rings (SSSR count). The summed E-state index contributed by atoms with van der Waals surface area (Å²) in [5.74, 6) is 0.411. The van der Waals surface area contributed by atoms with Crippen LogP contribution in [-0.2, 0) is 11.3 Å². The van der Waals surface area contributed by atoms with Gasteiger partial charge in [0.1, 0.15) is 11.4 Å². The molecule has 0 aromatic heterocycles. The highest BCUT2D eigenvalue weighted by atomic mass is 79.9. The Labute approximate surface area is 160 Å². The largest absolute Gasteiger partial charge is 0.496 e. The number of nitrogens with zero attached hydrogens (tertiary/aromatic N) is 2. The number of rotatable bonds is 7. The Hall–Kier alpha value is -2.45. The number of anilines is 1. The van der Waals surface area contributed by atoms with E-state index in [1.54, 1.807) is 33.2 Å². The zero-order valence-corrected chi connectivity index (χ0v) is 16.4. The first kappa shape index (κ1) is 19.9. The molecular formula is C18H20BrN3O4. The summed E-state index contributed by atoms with van der Waals surface area (Å²) in [6.45, 7) is 2.30. The smallest absolute Gasteiger partial charge is 0.293 e. The molecule has 0 unspecified atom stereocenters. The van der Waals surface area contributed by atoms with E-state index in [4.69, 9.17) is 4.74 Å². The van der Waals surface area contributed by atoms with Crippen LogP contribution in [0, 0.1) is 17.0 Å². The molecule has 8 heteroatoms. The summed E-state index contributed by atoms with van der Waals surface area (Å²) < 4.78 is 6.25. The predicted molar refractivity (Wildman–Crippen MR) is 103 cm³/mol. The molecule has 0 heterocycles. The first-order valence-electron chi connectivity index (χ1n) is 7.86. The summed E-state index contributed by atoms with van der Waals surface area (Å²) >= 11 is 3.42. The molecule has 0 spiro atoms. The monoisotopic (exact) mass is 421 g/mol. The number of benzene rings is 2. The van der Waals surface area contributed by atoms with Crippen LogP contribution in [0.3, 0.4) is 0 Å². The first-order chi connectivity index (χ1) is 12.3. The fourth-order valence-electron chi connectivity index (χ4n) is 2.61. The van der Waals surface area contributed by atoms with Crippen molar-refractivity contribution in [3.8, 4) is 5.75 Å². The standard InChI is InChI=1S/C18H20BrN3O4/c1-12-5-4-6-15(22(24)25)18(12)20-17(23)11-21(2)10-13-9-14(19)7-8-16(13)26-3/h4-9H,10-11H2,1-3H3,(H,20,23). The molecular weight excluding hydrogens is 402 g/mol. The number of methoxy groups -OCH3 is 1. The number of hydrogen-bond acceptors (Lipinski definition) is 5. The van der Waals surface area contributed by atoms with Crippen molar-refractivity contribution in [2.24, 2.45) is 0 Å². The van der Waals surface area contributed by atoms with Crippen molar-refractivity contribution in [1.29, 1.82) is 0 Å². The van der Waals surface area contributed by atoms with E-state index in [0.29, 0.717) is 12.1 Å².